The monoisotopic (exact) mass is 827 g/mol. The van der Waals surface area contributed by atoms with Crippen LogP contribution in [-0.4, -0.2) is 40.5 Å². The predicted molar refractivity (Wildman–Crippen MR) is 164 cm³/mol. The van der Waals surface area contributed by atoms with E-state index in [0.717, 1.165) is 0 Å². The first-order valence-electron chi connectivity index (χ1n) is 5.15. The van der Waals surface area contributed by atoms with Crippen LogP contribution in [0.3, 0.4) is 0 Å². The van der Waals surface area contributed by atoms with Gasteiger partial charge in [0.1, 0.15) is 0 Å². The van der Waals surface area contributed by atoms with Crippen LogP contribution in [0.1, 0.15) is 146 Å². The summed E-state index contributed by atoms with van der Waals surface area (Å²) in [7, 11) is 0. The molecule has 0 saturated carbocycles. The Hall–Kier alpha value is 0.240. The first kappa shape index (κ1) is 241. The summed E-state index contributed by atoms with van der Waals surface area (Å²) in [5.74, 6) is 0. The van der Waals surface area contributed by atoms with E-state index in [2.05, 4.69) is 24.4 Å². The maximum absolute atomic E-state index is 10.1. The largest absolute Gasteiger partial charge is 0.589 e. The van der Waals surface area contributed by atoms with Gasteiger partial charge in [-0.2, -0.15) is 24.6 Å². The number of hydrogen-bond acceptors (Lipinski definition) is 9. The first-order valence-corrected chi connectivity index (χ1v) is 5.15. The van der Waals surface area contributed by atoms with E-state index in [1.54, 1.807) is 0 Å². The Labute approximate surface area is 293 Å². The molecule has 12 nitrogen and oxygen atoms in total. The van der Waals surface area contributed by atoms with Crippen LogP contribution >= 0.6 is 0 Å². The van der Waals surface area contributed by atoms with Gasteiger partial charge in [0.15, 0.2) is 0 Å². The molecular formula is C23H81La2O12-. The fourth-order valence-corrected chi connectivity index (χ4v) is 0.148. The van der Waals surface area contributed by atoms with Crippen molar-refractivity contribution in [3.05, 3.63) is 0 Å². The minimum atomic E-state index is -1.71. The van der Waals surface area contributed by atoms with Crippen molar-refractivity contribution in [1.82, 2.24) is 0 Å². The third kappa shape index (κ3) is 336. The second kappa shape index (κ2) is 300. The minimum Gasteiger partial charge on any atom is -0.494 e. The van der Waals surface area contributed by atoms with E-state index in [1.807, 2.05) is 41.5 Å². The van der Waals surface area contributed by atoms with E-state index >= 15 is 0 Å². The third-order valence-corrected chi connectivity index (χ3v) is 0.396. The molecule has 0 aromatic carbocycles. The molecule has 37 heavy (non-hydrogen) atoms. The number of carbonyl (C=O) groups excluding carboxylic acids is 3. The van der Waals surface area contributed by atoms with Crippen molar-refractivity contribution < 1.29 is 132 Å². The molecule has 0 aliphatic carbocycles. The molecule has 0 amide bonds. The molecule has 0 fully saturated rings. The van der Waals surface area contributed by atoms with E-state index in [1.165, 1.54) is 0 Å². The number of hydrogen-bond donors (Lipinski definition) is 1. The minimum absolute atomic E-state index is 0. The molecule has 0 bridgehead atoms. The summed E-state index contributed by atoms with van der Waals surface area (Å²) in [5.41, 5.74) is 0. The fourth-order valence-electron chi connectivity index (χ4n) is 0.148. The van der Waals surface area contributed by atoms with Gasteiger partial charge in [-0.3, -0.25) is 4.89 Å². The summed E-state index contributed by atoms with van der Waals surface area (Å²) in [6, 6.07) is 0. The van der Waals surface area contributed by atoms with E-state index < -0.39 is 12.3 Å². The van der Waals surface area contributed by atoms with Gasteiger partial charge < -0.3 is 26.1 Å². The summed E-state index contributed by atoms with van der Waals surface area (Å²) in [4.78, 5) is 45.5. The quantitative estimate of drug-likeness (QED) is 0.159. The average Bonchev–Trinajstić information content (AvgIpc) is 2.48. The molecule has 14 heteroatoms. The number of carbonyl (C=O) groups is 2. The van der Waals surface area contributed by atoms with Gasteiger partial charge in [-0.15, -0.1) is 0 Å². The Morgan fingerprint density at radius 3 is 0.838 bits per heavy atom. The van der Waals surface area contributed by atoms with E-state index in [-0.39, 0.29) is 192 Å². The van der Waals surface area contributed by atoms with E-state index in [4.69, 9.17) is 5.26 Å². The van der Waals surface area contributed by atoms with Gasteiger partial charge in [-0.1, -0.05) is 146 Å². The Bertz CT molecular complexity index is 207. The van der Waals surface area contributed by atoms with Crippen LogP contribution < -0.4 is 0 Å². The topological polar surface area (TPSA) is 212 Å². The third-order valence-electron chi connectivity index (χ3n) is 0.396. The molecule has 0 heterocycles. The molecule has 0 aromatic heterocycles. The van der Waals surface area contributed by atoms with Crippen LogP contribution in [0.4, 0.5) is 9.59 Å². The van der Waals surface area contributed by atoms with Gasteiger partial charge in [0.2, 0.25) is 0 Å². The van der Waals surface area contributed by atoms with Crippen molar-refractivity contribution >= 4 is 18.8 Å². The molecule has 0 aliphatic rings. The summed E-state index contributed by atoms with van der Waals surface area (Å²) in [6.07, 6.45) is -3.37. The van der Waals surface area contributed by atoms with Crippen molar-refractivity contribution in [3.8, 4) is 0 Å². The molecule has 0 rings (SSSR count). The van der Waals surface area contributed by atoms with Gasteiger partial charge >= 0.3 is 12.3 Å². The molecule has 7 N–H and O–H groups in total. The second-order valence-electron chi connectivity index (χ2n) is 1.01. The van der Waals surface area contributed by atoms with Gasteiger partial charge in [0.05, 0.1) is 0 Å². The van der Waals surface area contributed by atoms with Crippen LogP contribution in [0.5, 0.6) is 0 Å². The zero-order valence-electron chi connectivity index (χ0n) is 13.9. The van der Waals surface area contributed by atoms with Gasteiger partial charge in [-0.05, 0) is 6.47 Å². The van der Waals surface area contributed by atoms with Gasteiger partial charge in [0.25, 0.3) is 0 Å². The van der Waals surface area contributed by atoms with Crippen LogP contribution in [0.15, 0.2) is 0 Å². The van der Waals surface area contributed by atoms with Crippen molar-refractivity contribution in [2.24, 2.45) is 0 Å². The van der Waals surface area contributed by atoms with Crippen LogP contribution in [0.25, 0.3) is 0 Å². The van der Waals surface area contributed by atoms with E-state index in [9.17, 15) is 14.4 Å². The first-order chi connectivity index (χ1) is 8.70. The molecule has 0 atom stereocenters. The smallest absolute Gasteiger partial charge is 0.494 e. The van der Waals surface area contributed by atoms with Crippen LogP contribution in [0, 0.1) is 71.2 Å². The zero-order valence-corrected chi connectivity index (χ0v) is 21.1. The molecular weight excluding hydrogens is 746 g/mol. The molecule has 0 spiro atoms. The van der Waals surface area contributed by atoms with Crippen LogP contribution in [-0.2, 0) is 29.2 Å². The van der Waals surface area contributed by atoms with Crippen LogP contribution in [0.2, 0.25) is 0 Å². The molecule has 0 aromatic rings. The molecule has 252 valence electrons. The van der Waals surface area contributed by atoms with Crippen molar-refractivity contribution in [1.29, 1.82) is 0 Å². The normalized spacial score (nSPS) is 3.00. The molecule has 0 aliphatic heterocycles. The Morgan fingerprint density at radius 2 is 0.676 bits per heavy atom. The predicted octanol–water partition coefficient (Wildman–Crippen LogP) is 9.19. The average molecular weight is 828 g/mol. The Morgan fingerprint density at radius 1 is 0.486 bits per heavy atom. The van der Waals surface area contributed by atoms with Gasteiger partial charge in [-0.25, -0.2) is 4.89 Å². The zero-order chi connectivity index (χ0) is 15.4. The summed E-state index contributed by atoms with van der Waals surface area (Å²) in [5, 5.41) is 7.52. The molecule has 0 saturated heterocycles. The standard InChI is InChI=1S/C3HO9.3C2H6.14CH4.2La.3H2O/c4-1-8-10-3(6)12-11-2(5)9-7;3*1-2;;;;;;;;;;;;;;;;;;;/h7H;3*1-2H3;14*1H4;;;3*1H2/q-1;;;;;;;;;;;;;;;;;;;;;;. The SMILES string of the molecule is C.C.C.C.C.C.C.C.C.C.C.C.C.C.CC.CC.CC.O.O.O.O=[C-]OOC(=O)OOC(=O)OO.[La].[La]. The maximum atomic E-state index is 10.1. The van der Waals surface area contributed by atoms with Crippen molar-refractivity contribution in [2.75, 3.05) is 0 Å². The van der Waals surface area contributed by atoms with E-state index in [0.29, 0.717) is 6.47 Å². The second-order valence-corrected chi connectivity index (χ2v) is 1.01. The van der Waals surface area contributed by atoms with Gasteiger partial charge in [0, 0.05) is 71.2 Å². The number of rotatable bonds is 2. The summed E-state index contributed by atoms with van der Waals surface area (Å²) >= 11 is 0. The molecule has 2 radical (unpaired) electrons. The summed E-state index contributed by atoms with van der Waals surface area (Å²) < 4.78 is 0. The molecule has 0 unspecified atom stereocenters. The Kier molecular flexibility index (Phi) is 1960. The fraction of sp³-hybridized carbons (Fsp3) is 0.870. The van der Waals surface area contributed by atoms with Crippen molar-refractivity contribution in [3.63, 3.8) is 0 Å². The Balaban J connectivity index is -0.00000000350. The van der Waals surface area contributed by atoms with Crippen molar-refractivity contribution in [2.45, 2.75) is 146 Å². The summed E-state index contributed by atoms with van der Waals surface area (Å²) in [6.45, 7) is 12.7. The maximum Gasteiger partial charge on any atom is 0.589 e.